The molecule has 1 aromatic rings. The van der Waals surface area contributed by atoms with Crippen LogP contribution in [-0.2, 0) is 9.59 Å². The van der Waals surface area contributed by atoms with E-state index < -0.39 is 0 Å². The minimum Gasteiger partial charge on any atom is -0.497 e. The monoisotopic (exact) mass is 275 g/mol. The van der Waals surface area contributed by atoms with Crippen LogP contribution in [0.5, 0.6) is 5.75 Å². The van der Waals surface area contributed by atoms with Gasteiger partial charge < -0.3 is 9.64 Å². The van der Waals surface area contributed by atoms with Gasteiger partial charge >= 0.3 is 0 Å². The normalized spacial score (nSPS) is 23.6. The first-order valence-electron chi connectivity index (χ1n) is 7.06. The first-order valence-corrected chi connectivity index (χ1v) is 7.06. The number of methoxy groups -OCH3 is 1. The van der Waals surface area contributed by atoms with Crippen molar-refractivity contribution in [1.82, 2.24) is 0 Å². The van der Waals surface area contributed by atoms with Gasteiger partial charge in [0.25, 0.3) is 5.91 Å². The van der Waals surface area contributed by atoms with Crippen LogP contribution >= 0.6 is 0 Å². The number of ether oxygens (including phenoxy) is 1. The fraction of sp³-hybridized carbons (Fsp3) is 0.467. The van der Waals surface area contributed by atoms with E-state index >= 15 is 0 Å². The second-order valence-corrected chi connectivity index (χ2v) is 5.39. The van der Waals surface area contributed by atoms with E-state index in [-0.39, 0.29) is 17.9 Å². The van der Waals surface area contributed by atoms with Gasteiger partial charge in [-0.25, -0.2) is 4.90 Å². The van der Waals surface area contributed by atoms with Crippen LogP contribution in [-0.4, -0.2) is 38.1 Å². The SMILES string of the molecule is COc1ccc(N2C(=O)C[C@H]([NH+]3CCCC3)C2=O)cc1. The molecule has 2 aliphatic heterocycles. The standard InChI is InChI=1S/C15H18N2O3/c1-20-12-6-4-11(5-7-12)17-14(18)10-13(15(17)19)16-8-2-3-9-16/h4-7,13H,2-3,8-10H2,1H3/p+1/t13-/m0/s1. The summed E-state index contributed by atoms with van der Waals surface area (Å²) in [5.74, 6) is 0.566. The number of imide groups is 1. The molecule has 0 radical (unpaired) electrons. The summed E-state index contributed by atoms with van der Waals surface area (Å²) in [6, 6.07) is 6.87. The smallest absolute Gasteiger partial charge is 0.292 e. The summed E-state index contributed by atoms with van der Waals surface area (Å²) in [7, 11) is 1.59. The Morgan fingerprint density at radius 1 is 1.15 bits per heavy atom. The molecule has 0 aromatic heterocycles. The quantitative estimate of drug-likeness (QED) is 0.790. The zero-order valence-electron chi connectivity index (χ0n) is 11.6. The van der Waals surface area contributed by atoms with Gasteiger partial charge in [-0.1, -0.05) is 0 Å². The lowest BCUT2D eigenvalue weighted by Crippen LogP contribution is -3.14. The van der Waals surface area contributed by atoms with E-state index in [1.807, 2.05) is 0 Å². The van der Waals surface area contributed by atoms with E-state index in [0.717, 1.165) is 31.7 Å². The fourth-order valence-electron chi connectivity index (χ4n) is 3.13. The van der Waals surface area contributed by atoms with Crippen LogP contribution in [0.2, 0.25) is 0 Å². The molecule has 1 atom stereocenters. The number of amides is 2. The molecule has 1 N–H and O–H groups in total. The Bertz CT molecular complexity index is 520. The maximum atomic E-state index is 12.5. The molecule has 1 aromatic carbocycles. The summed E-state index contributed by atoms with van der Waals surface area (Å²) in [6.07, 6.45) is 2.63. The Hall–Kier alpha value is -1.88. The molecule has 0 spiro atoms. The molecule has 2 saturated heterocycles. The third-order valence-corrected chi connectivity index (χ3v) is 4.22. The van der Waals surface area contributed by atoms with Gasteiger partial charge in [0, 0.05) is 12.8 Å². The summed E-state index contributed by atoms with van der Waals surface area (Å²) in [6.45, 7) is 2.00. The van der Waals surface area contributed by atoms with Crippen LogP contribution in [0, 0.1) is 0 Å². The van der Waals surface area contributed by atoms with Crippen LogP contribution in [0.4, 0.5) is 5.69 Å². The van der Waals surface area contributed by atoms with Crippen molar-refractivity contribution in [2.45, 2.75) is 25.3 Å². The van der Waals surface area contributed by atoms with Crippen molar-refractivity contribution in [2.75, 3.05) is 25.1 Å². The highest BCUT2D eigenvalue weighted by Crippen LogP contribution is 2.24. The lowest BCUT2D eigenvalue weighted by molar-refractivity contribution is -0.902. The Labute approximate surface area is 118 Å². The Balaban J connectivity index is 1.82. The highest BCUT2D eigenvalue weighted by molar-refractivity contribution is 6.21. The second-order valence-electron chi connectivity index (χ2n) is 5.39. The van der Waals surface area contributed by atoms with Crippen molar-refractivity contribution in [3.8, 4) is 5.75 Å². The minimum absolute atomic E-state index is 0.0583. The van der Waals surface area contributed by atoms with Gasteiger partial charge in [0.05, 0.1) is 32.3 Å². The zero-order valence-corrected chi connectivity index (χ0v) is 11.6. The predicted molar refractivity (Wildman–Crippen MR) is 73.8 cm³/mol. The summed E-state index contributed by atoms with van der Waals surface area (Å²) in [5, 5.41) is 0. The molecular weight excluding hydrogens is 256 g/mol. The lowest BCUT2D eigenvalue weighted by atomic mass is 10.2. The zero-order chi connectivity index (χ0) is 14.1. The van der Waals surface area contributed by atoms with E-state index in [0.29, 0.717) is 12.1 Å². The molecule has 2 aliphatic rings. The van der Waals surface area contributed by atoms with Gasteiger partial charge in [-0.05, 0) is 24.3 Å². The summed E-state index contributed by atoms with van der Waals surface area (Å²) in [4.78, 5) is 27.3. The van der Waals surface area contributed by atoms with Crippen LogP contribution < -0.4 is 14.5 Å². The number of anilines is 1. The minimum atomic E-state index is -0.188. The second kappa shape index (κ2) is 5.25. The predicted octanol–water partition coefficient (Wildman–Crippen LogP) is 0.00580. The van der Waals surface area contributed by atoms with Crippen molar-refractivity contribution < 1.29 is 19.2 Å². The van der Waals surface area contributed by atoms with Gasteiger partial charge in [0.2, 0.25) is 5.91 Å². The van der Waals surface area contributed by atoms with Gasteiger partial charge in [-0.3, -0.25) is 9.59 Å². The van der Waals surface area contributed by atoms with Gasteiger partial charge in [-0.15, -0.1) is 0 Å². The third-order valence-electron chi connectivity index (χ3n) is 4.22. The first kappa shape index (κ1) is 13.1. The molecule has 5 heteroatoms. The molecule has 2 heterocycles. The first-order chi connectivity index (χ1) is 9.70. The largest absolute Gasteiger partial charge is 0.497 e. The molecule has 0 aliphatic carbocycles. The Morgan fingerprint density at radius 2 is 1.80 bits per heavy atom. The molecule has 3 rings (SSSR count). The van der Waals surface area contributed by atoms with Crippen molar-refractivity contribution in [3.63, 3.8) is 0 Å². The number of nitrogens with zero attached hydrogens (tertiary/aromatic N) is 1. The number of rotatable bonds is 3. The number of likely N-dealkylation sites (tertiary alicyclic amines) is 1. The summed E-state index contributed by atoms with van der Waals surface area (Å²) in [5.41, 5.74) is 0.641. The van der Waals surface area contributed by atoms with Crippen molar-refractivity contribution in [2.24, 2.45) is 0 Å². The average molecular weight is 275 g/mol. The topological polar surface area (TPSA) is 51.0 Å². The van der Waals surface area contributed by atoms with Crippen molar-refractivity contribution >= 4 is 17.5 Å². The van der Waals surface area contributed by atoms with E-state index in [2.05, 4.69) is 0 Å². The number of carbonyl (C=O) groups is 2. The number of carbonyl (C=O) groups excluding carboxylic acids is 2. The van der Waals surface area contributed by atoms with Crippen molar-refractivity contribution in [3.05, 3.63) is 24.3 Å². The number of benzene rings is 1. The Morgan fingerprint density at radius 3 is 2.40 bits per heavy atom. The summed E-state index contributed by atoms with van der Waals surface area (Å²) >= 11 is 0. The maximum Gasteiger partial charge on any atom is 0.292 e. The van der Waals surface area contributed by atoms with Crippen LogP contribution in [0.15, 0.2) is 24.3 Å². The van der Waals surface area contributed by atoms with Crippen LogP contribution in [0.1, 0.15) is 19.3 Å². The third kappa shape index (κ3) is 2.18. The van der Waals surface area contributed by atoms with Crippen molar-refractivity contribution in [1.29, 1.82) is 0 Å². The molecule has 20 heavy (non-hydrogen) atoms. The molecule has 2 amide bonds. The van der Waals surface area contributed by atoms with E-state index in [1.165, 1.54) is 9.80 Å². The average Bonchev–Trinajstić information content (AvgIpc) is 3.07. The number of nitrogens with one attached hydrogen (secondary N) is 1. The van der Waals surface area contributed by atoms with Gasteiger partial charge in [0.1, 0.15) is 5.75 Å². The number of hydrogen-bond acceptors (Lipinski definition) is 3. The molecule has 106 valence electrons. The number of quaternary nitrogens is 1. The highest BCUT2D eigenvalue weighted by atomic mass is 16.5. The molecule has 0 unspecified atom stereocenters. The Kier molecular flexibility index (Phi) is 3.44. The summed E-state index contributed by atoms with van der Waals surface area (Å²) < 4.78 is 5.10. The molecule has 2 fully saturated rings. The fourth-order valence-corrected chi connectivity index (χ4v) is 3.13. The van der Waals surface area contributed by atoms with E-state index in [1.54, 1.807) is 31.4 Å². The lowest BCUT2D eigenvalue weighted by Gasteiger charge is -2.19. The molecular formula is C15H19N2O3+. The van der Waals surface area contributed by atoms with E-state index in [9.17, 15) is 9.59 Å². The highest BCUT2D eigenvalue weighted by Gasteiger charge is 2.46. The molecule has 5 nitrogen and oxygen atoms in total. The van der Waals surface area contributed by atoms with Crippen LogP contribution in [0.3, 0.4) is 0 Å². The molecule has 0 saturated carbocycles. The maximum absolute atomic E-state index is 12.5. The van der Waals surface area contributed by atoms with Crippen LogP contribution in [0.25, 0.3) is 0 Å². The molecule has 0 bridgehead atoms. The van der Waals surface area contributed by atoms with Gasteiger partial charge in [0.15, 0.2) is 6.04 Å². The van der Waals surface area contributed by atoms with E-state index in [4.69, 9.17) is 4.74 Å². The number of hydrogen-bond donors (Lipinski definition) is 1. The van der Waals surface area contributed by atoms with Gasteiger partial charge in [-0.2, -0.15) is 0 Å².